The van der Waals surface area contributed by atoms with Crippen molar-refractivity contribution in [1.29, 1.82) is 0 Å². The quantitative estimate of drug-likeness (QED) is 0.734. The third kappa shape index (κ3) is 4.85. The minimum atomic E-state index is -0.501. The van der Waals surface area contributed by atoms with E-state index in [0.717, 1.165) is 30.3 Å². The Balaban J connectivity index is 1.88. The van der Waals surface area contributed by atoms with Crippen LogP contribution < -0.4 is 5.46 Å². The Hall–Kier alpha value is -1.53. The van der Waals surface area contributed by atoms with E-state index >= 15 is 0 Å². The molecule has 1 aromatic rings. The second-order valence-electron chi connectivity index (χ2n) is 9.32. The van der Waals surface area contributed by atoms with Crippen LogP contribution in [0.15, 0.2) is 24.3 Å². The molecule has 0 N–H and O–H groups in total. The molecule has 3 rings (SSSR count). The van der Waals surface area contributed by atoms with Gasteiger partial charge in [0.1, 0.15) is 5.60 Å². The lowest BCUT2D eigenvalue weighted by Gasteiger charge is -2.39. The molecule has 2 aliphatic heterocycles. The first-order valence-electron chi connectivity index (χ1n) is 9.97. The molecule has 1 amide bonds. The van der Waals surface area contributed by atoms with E-state index < -0.39 is 12.7 Å². The molecule has 0 aliphatic carbocycles. The molecule has 0 radical (unpaired) electrons. The maximum Gasteiger partial charge on any atom is 0.494 e. The normalized spacial score (nSPS) is 25.6. The Kier molecular flexibility index (Phi) is 5.60. The first-order valence-corrected chi connectivity index (χ1v) is 9.97. The Labute approximate surface area is 163 Å². The summed E-state index contributed by atoms with van der Waals surface area (Å²) in [5.74, 6) is 0. The molecule has 0 spiro atoms. The summed E-state index contributed by atoms with van der Waals surface area (Å²) in [7, 11) is -0.416. The van der Waals surface area contributed by atoms with Crippen LogP contribution in [-0.2, 0) is 14.0 Å². The summed E-state index contributed by atoms with van der Waals surface area (Å²) in [6, 6.07) is 8.15. The number of amides is 1. The molecule has 148 valence electrons. The highest BCUT2D eigenvalue weighted by Gasteiger charge is 2.42. The third-order valence-corrected chi connectivity index (χ3v) is 5.05. The van der Waals surface area contributed by atoms with Crippen LogP contribution in [0.25, 0.3) is 0 Å². The van der Waals surface area contributed by atoms with Crippen molar-refractivity contribution in [3.8, 4) is 0 Å². The summed E-state index contributed by atoms with van der Waals surface area (Å²) in [6.45, 7) is 12.7. The third-order valence-electron chi connectivity index (χ3n) is 5.05. The zero-order valence-corrected chi connectivity index (χ0v) is 17.5. The molecule has 0 saturated carbocycles. The first-order chi connectivity index (χ1) is 12.6. The molecule has 0 bridgehead atoms. The average Bonchev–Trinajstić information content (AvgIpc) is 3.01. The van der Waals surface area contributed by atoms with E-state index in [1.165, 1.54) is 0 Å². The van der Waals surface area contributed by atoms with E-state index in [1.54, 1.807) is 0 Å². The van der Waals surface area contributed by atoms with Crippen LogP contribution in [0.3, 0.4) is 0 Å². The van der Waals surface area contributed by atoms with Crippen molar-refractivity contribution < 1.29 is 18.8 Å². The lowest BCUT2D eigenvalue weighted by atomic mass is 9.71. The number of ether oxygens (including phenoxy) is 1. The molecule has 5 nitrogen and oxygen atoms in total. The van der Waals surface area contributed by atoms with Gasteiger partial charge in [-0.3, -0.25) is 0 Å². The van der Waals surface area contributed by atoms with Gasteiger partial charge in [-0.05, 0) is 71.8 Å². The number of hydrogen-bond donors (Lipinski definition) is 0. The van der Waals surface area contributed by atoms with Gasteiger partial charge in [0, 0.05) is 12.6 Å². The van der Waals surface area contributed by atoms with Crippen LogP contribution in [0.2, 0.25) is 0 Å². The molecule has 2 atom stereocenters. The fourth-order valence-electron chi connectivity index (χ4n) is 4.11. The molecule has 2 fully saturated rings. The van der Waals surface area contributed by atoms with Crippen molar-refractivity contribution >= 4 is 18.7 Å². The predicted molar refractivity (Wildman–Crippen MR) is 107 cm³/mol. The van der Waals surface area contributed by atoms with Gasteiger partial charge in [-0.1, -0.05) is 24.3 Å². The van der Waals surface area contributed by atoms with Gasteiger partial charge < -0.3 is 18.9 Å². The van der Waals surface area contributed by atoms with Gasteiger partial charge >= 0.3 is 13.2 Å². The monoisotopic (exact) mass is 373 g/mol. The number of benzene rings is 1. The van der Waals surface area contributed by atoms with Gasteiger partial charge in [-0.15, -0.1) is 0 Å². The molecule has 0 aromatic heterocycles. The molecule has 27 heavy (non-hydrogen) atoms. The van der Waals surface area contributed by atoms with Crippen molar-refractivity contribution in [2.45, 2.75) is 84.2 Å². The summed E-state index contributed by atoms with van der Waals surface area (Å²) in [5.41, 5.74) is 1.36. The number of carbonyl (C=O) groups is 1. The maximum absolute atomic E-state index is 12.7. The number of carbonyl (C=O) groups excluding carboxylic acids is 1. The van der Waals surface area contributed by atoms with Crippen molar-refractivity contribution in [2.75, 3.05) is 6.54 Å². The summed E-state index contributed by atoms with van der Waals surface area (Å²) < 4.78 is 18.0. The number of hydrogen-bond acceptors (Lipinski definition) is 4. The van der Waals surface area contributed by atoms with Gasteiger partial charge in [0.05, 0.1) is 11.6 Å². The molecule has 2 saturated heterocycles. The average molecular weight is 373 g/mol. The lowest BCUT2D eigenvalue weighted by molar-refractivity contribution is -0.0232. The van der Waals surface area contributed by atoms with Crippen LogP contribution in [0.4, 0.5) is 4.79 Å². The Morgan fingerprint density at radius 3 is 2.67 bits per heavy atom. The summed E-state index contributed by atoms with van der Waals surface area (Å²) in [6.07, 6.45) is 2.62. The molecular weight excluding hydrogens is 341 g/mol. The molecule has 2 aliphatic rings. The van der Waals surface area contributed by atoms with Gasteiger partial charge in [-0.2, -0.15) is 0 Å². The van der Waals surface area contributed by atoms with E-state index in [0.29, 0.717) is 6.54 Å². The highest BCUT2D eigenvalue weighted by molar-refractivity contribution is 6.62. The smallest absolute Gasteiger partial charge is 0.444 e. The number of likely N-dealkylation sites (tertiary alicyclic amines) is 1. The SMILES string of the molecule is C[C@@H]1CC(C)(C)OB(c2ccccc2[C@@H]2CCCN2C(=O)OC(C)(C)C)O1. The minimum Gasteiger partial charge on any atom is -0.444 e. The van der Waals surface area contributed by atoms with Gasteiger partial charge in [-0.25, -0.2) is 4.79 Å². The van der Waals surface area contributed by atoms with Gasteiger partial charge in [0.15, 0.2) is 0 Å². The number of nitrogens with zero attached hydrogens (tertiary/aromatic N) is 1. The number of rotatable bonds is 2. The van der Waals surface area contributed by atoms with Crippen LogP contribution in [0.5, 0.6) is 0 Å². The summed E-state index contributed by atoms with van der Waals surface area (Å²) in [5, 5.41) is 0. The standard InChI is InChI=1S/C21H32BNO4/c1-15-14-21(5,6)27-22(26-15)17-11-8-7-10-16(17)18-12-9-13-23(18)19(24)25-20(2,3)4/h7-8,10-11,15,18H,9,12-14H2,1-6H3/t15-,18+/m1/s1. The van der Waals surface area contributed by atoms with Crippen LogP contribution in [0.1, 0.15) is 72.4 Å². The van der Waals surface area contributed by atoms with Crippen LogP contribution in [0, 0.1) is 0 Å². The van der Waals surface area contributed by atoms with E-state index in [1.807, 2.05) is 37.8 Å². The zero-order valence-electron chi connectivity index (χ0n) is 17.5. The first kappa shape index (κ1) is 20.2. The van der Waals surface area contributed by atoms with E-state index in [4.69, 9.17) is 14.0 Å². The van der Waals surface area contributed by atoms with E-state index in [-0.39, 0.29) is 23.8 Å². The highest BCUT2D eigenvalue weighted by Crippen LogP contribution is 2.34. The summed E-state index contributed by atoms with van der Waals surface area (Å²) >= 11 is 0. The topological polar surface area (TPSA) is 48.0 Å². The Bertz CT molecular complexity index is 685. The lowest BCUT2D eigenvalue weighted by Crippen LogP contribution is -2.53. The molecule has 0 unspecified atom stereocenters. The molecule has 1 aromatic carbocycles. The van der Waals surface area contributed by atoms with E-state index in [9.17, 15) is 4.79 Å². The molecular formula is C21H32BNO4. The minimum absolute atomic E-state index is 0.0106. The zero-order chi connectivity index (χ0) is 19.8. The fourth-order valence-corrected chi connectivity index (χ4v) is 4.11. The van der Waals surface area contributed by atoms with Gasteiger partial charge in [0.2, 0.25) is 0 Å². The van der Waals surface area contributed by atoms with Crippen LogP contribution in [-0.4, -0.2) is 42.0 Å². The van der Waals surface area contributed by atoms with Crippen molar-refractivity contribution in [3.63, 3.8) is 0 Å². The molecule has 2 heterocycles. The van der Waals surface area contributed by atoms with Crippen molar-refractivity contribution in [3.05, 3.63) is 29.8 Å². The largest absolute Gasteiger partial charge is 0.494 e. The highest BCUT2D eigenvalue weighted by atomic mass is 16.6. The Morgan fingerprint density at radius 2 is 2.00 bits per heavy atom. The maximum atomic E-state index is 12.7. The van der Waals surface area contributed by atoms with E-state index in [2.05, 4.69) is 32.9 Å². The second kappa shape index (κ2) is 7.48. The van der Waals surface area contributed by atoms with Crippen LogP contribution >= 0.6 is 0 Å². The predicted octanol–water partition coefficient (Wildman–Crippen LogP) is 4.06. The van der Waals surface area contributed by atoms with Crippen molar-refractivity contribution in [1.82, 2.24) is 4.90 Å². The van der Waals surface area contributed by atoms with Crippen molar-refractivity contribution in [2.24, 2.45) is 0 Å². The Morgan fingerprint density at radius 1 is 1.30 bits per heavy atom. The van der Waals surface area contributed by atoms with Gasteiger partial charge in [0.25, 0.3) is 0 Å². The second-order valence-corrected chi connectivity index (χ2v) is 9.32. The molecule has 6 heteroatoms. The summed E-state index contributed by atoms with van der Waals surface area (Å²) in [4.78, 5) is 14.6. The fraction of sp³-hybridized carbons (Fsp3) is 0.667.